The minimum absolute atomic E-state index is 0.757. The molecule has 0 aliphatic carbocycles. The van der Waals surface area contributed by atoms with Crippen LogP contribution in [0.3, 0.4) is 0 Å². The van der Waals surface area contributed by atoms with Crippen LogP contribution in [0.15, 0.2) is 188 Å². The van der Waals surface area contributed by atoms with Crippen LogP contribution in [-0.4, -0.2) is 4.57 Å². The van der Waals surface area contributed by atoms with Gasteiger partial charge in [-0.3, -0.25) is 4.90 Å². The van der Waals surface area contributed by atoms with Crippen LogP contribution in [-0.2, 0) is 0 Å². The standard InChI is InChI=1S/C48H31N3O2/c1-3-14-32(15-4-1)36-18-7-9-20-39(36)49(34-26-28-41-38(30-34)37-19-8-10-21-40(37)50(41)33-16-5-2-6-17-33)35-27-29-43-47(31-35)53-46-25-13-24-45-48(46)51(43)42-22-11-12-23-44(42)52-45/h1-31H. The van der Waals surface area contributed by atoms with Crippen molar-refractivity contribution in [1.29, 1.82) is 0 Å². The minimum atomic E-state index is 0.757. The van der Waals surface area contributed by atoms with Gasteiger partial charge in [0.25, 0.3) is 0 Å². The normalized spacial score (nSPS) is 12.4. The van der Waals surface area contributed by atoms with Crippen LogP contribution in [0.4, 0.5) is 34.1 Å². The van der Waals surface area contributed by atoms with E-state index in [4.69, 9.17) is 9.47 Å². The van der Waals surface area contributed by atoms with E-state index in [0.29, 0.717) is 0 Å². The SMILES string of the molecule is c1ccc(-c2ccccc2N(c2ccc3c(c2)Oc2cccc4c2N3c2ccccc2O4)c2ccc3c(c2)c2ccccc2n3-c2ccccc2)cc1. The van der Waals surface area contributed by atoms with Gasteiger partial charge in [-0.25, -0.2) is 0 Å². The molecule has 0 fully saturated rings. The lowest BCUT2D eigenvalue weighted by molar-refractivity contribution is 0.446. The van der Waals surface area contributed by atoms with Crippen molar-refractivity contribution in [3.05, 3.63) is 188 Å². The highest BCUT2D eigenvalue weighted by molar-refractivity contribution is 6.11. The van der Waals surface area contributed by atoms with Crippen molar-refractivity contribution >= 4 is 55.9 Å². The second-order valence-corrected chi connectivity index (χ2v) is 13.4. The summed E-state index contributed by atoms with van der Waals surface area (Å²) in [5.41, 5.74) is 11.7. The fourth-order valence-corrected chi connectivity index (χ4v) is 8.04. The Morgan fingerprint density at radius 1 is 0.415 bits per heavy atom. The predicted molar refractivity (Wildman–Crippen MR) is 216 cm³/mol. The number of para-hydroxylation sites is 6. The molecular formula is C48H31N3O2. The van der Waals surface area contributed by atoms with Gasteiger partial charge in [-0.1, -0.05) is 103 Å². The summed E-state index contributed by atoms with van der Waals surface area (Å²) in [6, 6.07) is 66.1. The average Bonchev–Trinajstić information content (AvgIpc) is 3.55. The summed E-state index contributed by atoms with van der Waals surface area (Å²) < 4.78 is 15.4. The van der Waals surface area contributed by atoms with Crippen molar-refractivity contribution in [3.63, 3.8) is 0 Å². The van der Waals surface area contributed by atoms with Crippen LogP contribution >= 0.6 is 0 Å². The maximum Gasteiger partial charge on any atom is 0.155 e. The van der Waals surface area contributed by atoms with E-state index < -0.39 is 0 Å². The largest absolute Gasteiger partial charge is 0.453 e. The number of ether oxygens (including phenoxy) is 2. The molecule has 5 heteroatoms. The van der Waals surface area contributed by atoms with Crippen molar-refractivity contribution in [1.82, 2.24) is 4.57 Å². The van der Waals surface area contributed by atoms with Crippen LogP contribution in [0.2, 0.25) is 0 Å². The molecule has 9 aromatic rings. The zero-order valence-corrected chi connectivity index (χ0v) is 28.6. The quantitative estimate of drug-likeness (QED) is 0.181. The second-order valence-electron chi connectivity index (χ2n) is 13.4. The van der Waals surface area contributed by atoms with E-state index in [9.17, 15) is 0 Å². The zero-order valence-electron chi connectivity index (χ0n) is 28.6. The maximum atomic E-state index is 6.75. The van der Waals surface area contributed by atoms with Crippen LogP contribution in [0.5, 0.6) is 23.0 Å². The first-order valence-electron chi connectivity index (χ1n) is 17.9. The Kier molecular flexibility index (Phi) is 6.48. The van der Waals surface area contributed by atoms with Gasteiger partial charge in [0, 0.05) is 33.8 Å². The third-order valence-electron chi connectivity index (χ3n) is 10.3. The highest BCUT2D eigenvalue weighted by Crippen LogP contribution is 2.60. The average molecular weight is 682 g/mol. The van der Waals surface area contributed by atoms with E-state index in [1.807, 2.05) is 36.4 Å². The lowest BCUT2D eigenvalue weighted by Crippen LogP contribution is -2.20. The summed E-state index contributed by atoms with van der Waals surface area (Å²) >= 11 is 0. The Bertz CT molecular complexity index is 2860. The molecule has 0 saturated carbocycles. The van der Waals surface area contributed by atoms with Gasteiger partial charge in [0.1, 0.15) is 5.69 Å². The van der Waals surface area contributed by atoms with Crippen molar-refractivity contribution in [2.75, 3.05) is 9.80 Å². The molecule has 8 aromatic carbocycles. The van der Waals surface area contributed by atoms with E-state index in [2.05, 4.69) is 166 Å². The summed E-state index contributed by atoms with van der Waals surface area (Å²) in [4.78, 5) is 4.62. The Morgan fingerprint density at radius 2 is 1.04 bits per heavy atom. The number of benzene rings is 8. The number of aromatic nitrogens is 1. The Balaban J connectivity index is 1.14. The van der Waals surface area contributed by atoms with Gasteiger partial charge >= 0.3 is 0 Å². The summed E-state index contributed by atoms with van der Waals surface area (Å²) in [7, 11) is 0. The van der Waals surface area contributed by atoms with E-state index in [1.54, 1.807) is 0 Å². The molecule has 0 bridgehead atoms. The summed E-state index contributed by atoms with van der Waals surface area (Å²) in [6.45, 7) is 0. The third kappa shape index (κ3) is 4.57. The topological polar surface area (TPSA) is 29.9 Å². The van der Waals surface area contributed by atoms with Gasteiger partial charge in [0.2, 0.25) is 0 Å². The van der Waals surface area contributed by atoms with Crippen molar-refractivity contribution in [2.45, 2.75) is 0 Å². The predicted octanol–water partition coefficient (Wildman–Crippen LogP) is 13.6. The molecule has 11 rings (SSSR count). The monoisotopic (exact) mass is 681 g/mol. The minimum Gasteiger partial charge on any atom is -0.453 e. The molecule has 0 spiro atoms. The van der Waals surface area contributed by atoms with E-state index in [0.717, 1.165) is 79.5 Å². The summed E-state index contributed by atoms with van der Waals surface area (Å²) in [5, 5.41) is 2.39. The fourth-order valence-electron chi connectivity index (χ4n) is 8.04. The molecular weight excluding hydrogens is 651 g/mol. The molecule has 0 saturated heterocycles. The van der Waals surface area contributed by atoms with Gasteiger partial charge in [-0.05, 0) is 84.4 Å². The van der Waals surface area contributed by atoms with Gasteiger partial charge in [-0.2, -0.15) is 0 Å². The number of hydrogen-bond donors (Lipinski definition) is 0. The van der Waals surface area contributed by atoms with E-state index in [1.165, 1.54) is 16.3 Å². The molecule has 5 nitrogen and oxygen atoms in total. The number of anilines is 6. The Labute approximate surface area is 306 Å². The van der Waals surface area contributed by atoms with Crippen LogP contribution in [0.1, 0.15) is 0 Å². The lowest BCUT2D eigenvalue weighted by Gasteiger charge is -2.38. The van der Waals surface area contributed by atoms with Crippen molar-refractivity contribution in [3.8, 4) is 39.8 Å². The first-order valence-corrected chi connectivity index (χ1v) is 17.9. The smallest absolute Gasteiger partial charge is 0.155 e. The molecule has 0 N–H and O–H groups in total. The first-order chi connectivity index (χ1) is 26.3. The maximum absolute atomic E-state index is 6.75. The van der Waals surface area contributed by atoms with Gasteiger partial charge in [0.15, 0.2) is 23.0 Å². The van der Waals surface area contributed by atoms with Gasteiger partial charge in [0.05, 0.1) is 33.8 Å². The van der Waals surface area contributed by atoms with Crippen molar-refractivity contribution < 1.29 is 9.47 Å². The molecule has 2 aliphatic rings. The number of rotatable bonds is 5. The zero-order chi connectivity index (χ0) is 34.9. The van der Waals surface area contributed by atoms with Gasteiger partial charge < -0.3 is 18.9 Å². The molecule has 2 aliphatic heterocycles. The first kappa shape index (κ1) is 29.5. The van der Waals surface area contributed by atoms with Crippen LogP contribution in [0.25, 0.3) is 38.6 Å². The molecule has 250 valence electrons. The van der Waals surface area contributed by atoms with Gasteiger partial charge in [-0.15, -0.1) is 0 Å². The highest BCUT2D eigenvalue weighted by atomic mass is 16.5. The Hall–Kier alpha value is -7.24. The van der Waals surface area contributed by atoms with E-state index in [-0.39, 0.29) is 0 Å². The molecule has 0 unspecified atom stereocenters. The van der Waals surface area contributed by atoms with E-state index >= 15 is 0 Å². The fraction of sp³-hybridized carbons (Fsp3) is 0. The molecule has 1 aromatic heterocycles. The third-order valence-corrected chi connectivity index (χ3v) is 10.3. The van der Waals surface area contributed by atoms with Crippen molar-refractivity contribution in [2.24, 2.45) is 0 Å². The summed E-state index contributed by atoms with van der Waals surface area (Å²) in [5.74, 6) is 3.12. The lowest BCUT2D eigenvalue weighted by atomic mass is 10.0. The number of hydrogen-bond acceptors (Lipinski definition) is 4. The summed E-state index contributed by atoms with van der Waals surface area (Å²) in [6.07, 6.45) is 0. The molecule has 3 heterocycles. The molecule has 0 atom stereocenters. The molecule has 53 heavy (non-hydrogen) atoms. The highest BCUT2D eigenvalue weighted by Gasteiger charge is 2.35. The number of nitrogens with zero attached hydrogens (tertiary/aromatic N) is 3. The molecule has 0 radical (unpaired) electrons. The second kappa shape index (κ2) is 11.7. The molecule has 0 amide bonds. The number of fused-ring (bicyclic) bond motifs is 7. The van der Waals surface area contributed by atoms with Crippen LogP contribution in [0, 0.1) is 0 Å². The Morgan fingerprint density at radius 3 is 1.91 bits per heavy atom. The van der Waals surface area contributed by atoms with Crippen LogP contribution < -0.4 is 19.3 Å².